The van der Waals surface area contributed by atoms with Crippen molar-refractivity contribution in [3.8, 4) is 0 Å². The summed E-state index contributed by atoms with van der Waals surface area (Å²) in [6.45, 7) is 11.1. The highest BCUT2D eigenvalue weighted by atomic mass is 31.1. The van der Waals surface area contributed by atoms with Crippen molar-refractivity contribution >= 4 is 13.5 Å². The Morgan fingerprint density at radius 2 is 1.50 bits per heavy atom. The highest BCUT2D eigenvalue weighted by Crippen LogP contribution is 2.22. The van der Waals surface area contributed by atoms with Crippen LogP contribution in [0.4, 0.5) is 0 Å². The Hall–Kier alpha value is 0.170. The first-order valence-electron chi connectivity index (χ1n) is 2.95. The predicted octanol–water partition coefficient (Wildman–Crippen LogP) is 2.94. The van der Waals surface area contributed by atoms with E-state index >= 15 is 0 Å². The van der Waals surface area contributed by atoms with E-state index in [0.29, 0.717) is 5.16 Å². The standard InChI is InChI=1S/C7H15P/c1-6(2)8-7(3,4)5/h1-5H3. The lowest BCUT2D eigenvalue weighted by Gasteiger charge is -2.10. The summed E-state index contributed by atoms with van der Waals surface area (Å²) in [7, 11) is 1.47. The van der Waals surface area contributed by atoms with Gasteiger partial charge in [0.05, 0.1) is 0 Å². The van der Waals surface area contributed by atoms with Gasteiger partial charge < -0.3 is 0 Å². The molecule has 0 atom stereocenters. The van der Waals surface area contributed by atoms with Gasteiger partial charge >= 0.3 is 0 Å². The summed E-state index contributed by atoms with van der Waals surface area (Å²) in [4.78, 5) is 0. The molecule has 0 radical (unpaired) electrons. The molecular formula is C7H15P. The molecule has 0 spiro atoms. The van der Waals surface area contributed by atoms with Crippen LogP contribution in [0.2, 0.25) is 0 Å². The highest BCUT2D eigenvalue weighted by molar-refractivity contribution is 7.42. The molecule has 0 bridgehead atoms. The van der Waals surface area contributed by atoms with Crippen molar-refractivity contribution in [2.75, 3.05) is 0 Å². The summed E-state index contributed by atoms with van der Waals surface area (Å²) >= 11 is 0. The Morgan fingerprint density at radius 3 is 1.50 bits per heavy atom. The Morgan fingerprint density at radius 1 is 1.12 bits per heavy atom. The second-order valence-electron chi connectivity index (χ2n) is 3.23. The van der Waals surface area contributed by atoms with Crippen LogP contribution in [0.15, 0.2) is 0 Å². The quantitative estimate of drug-likeness (QED) is 0.442. The molecule has 0 aromatic carbocycles. The molecule has 8 heavy (non-hydrogen) atoms. The molecule has 0 aliphatic heterocycles. The van der Waals surface area contributed by atoms with Gasteiger partial charge in [0.2, 0.25) is 0 Å². The summed E-state index contributed by atoms with van der Waals surface area (Å²) in [5, 5.41) is 1.95. The van der Waals surface area contributed by atoms with Crippen molar-refractivity contribution in [2.24, 2.45) is 0 Å². The van der Waals surface area contributed by atoms with Crippen molar-refractivity contribution < 1.29 is 0 Å². The van der Waals surface area contributed by atoms with Crippen LogP contribution in [-0.2, 0) is 0 Å². The molecule has 0 aliphatic rings. The highest BCUT2D eigenvalue weighted by Gasteiger charge is 2.04. The normalized spacial score (nSPS) is 12.1. The van der Waals surface area contributed by atoms with Crippen molar-refractivity contribution in [3.05, 3.63) is 0 Å². The van der Waals surface area contributed by atoms with Crippen LogP contribution >= 0.6 is 8.20 Å². The third-order valence-electron chi connectivity index (χ3n) is 0.559. The summed E-state index contributed by atoms with van der Waals surface area (Å²) in [6, 6.07) is 0. The van der Waals surface area contributed by atoms with Gasteiger partial charge in [0.15, 0.2) is 0 Å². The first kappa shape index (κ1) is 8.17. The fourth-order valence-electron chi connectivity index (χ4n) is 0.671. The molecule has 0 aliphatic carbocycles. The molecule has 48 valence electrons. The summed E-state index contributed by atoms with van der Waals surface area (Å²) in [5.41, 5.74) is 0. The molecule has 0 aromatic rings. The van der Waals surface area contributed by atoms with E-state index in [4.69, 9.17) is 0 Å². The van der Waals surface area contributed by atoms with Crippen LogP contribution in [0.5, 0.6) is 0 Å². The van der Waals surface area contributed by atoms with Gasteiger partial charge in [-0.05, 0) is 13.8 Å². The zero-order chi connectivity index (χ0) is 6.78. The van der Waals surface area contributed by atoms with Crippen LogP contribution in [0.3, 0.4) is 0 Å². The summed E-state index contributed by atoms with van der Waals surface area (Å²) < 4.78 is 0. The second-order valence-corrected chi connectivity index (χ2v) is 5.69. The van der Waals surface area contributed by atoms with Gasteiger partial charge in [-0.3, -0.25) is 0 Å². The molecule has 0 aromatic heterocycles. The maximum Gasteiger partial charge on any atom is 0.00367 e. The van der Waals surface area contributed by atoms with Crippen LogP contribution in [0.25, 0.3) is 0 Å². The third kappa shape index (κ3) is 6.17. The van der Waals surface area contributed by atoms with E-state index in [1.165, 1.54) is 13.5 Å². The molecule has 0 saturated carbocycles. The van der Waals surface area contributed by atoms with Crippen LogP contribution < -0.4 is 0 Å². The maximum atomic E-state index is 2.25. The van der Waals surface area contributed by atoms with E-state index in [-0.39, 0.29) is 0 Å². The van der Waals surface area contributed by atoms with Crippen molar-refractivity contribution in [1.82, 2.24) is 0 Å². The smallest absolute Gasteiger partial charge is 0.00367 e. The number of rotatable bonds is 0. The average Bonchev–Trinajstić information content (AvgIpc) is 1.21. The fourth-order valence-corrected chi connectivity index (χ4v) is 2.01. The molecule has 0 rings (SSSR count). The lowest BCUT2D eigenvalue weighted by molar-refractivity contribution is 0.802. The number of hydrogen-bond donors (Lipinski definition) is 0. The van der Waals surface area contributed by atoms with Crippen LogP contribution in [-0.4, -0.2) is 10.4 Å². The lowest BCUT2D eigenvalue weighted by atomic mass is 10.3. The number of hydrogen-bond acceptors (Lipinski definition) is 0. The minimum atomic E-state index is 0.457. The van der Waals surface area contributed by atoms with E-state index in [2.05, 4.69) is 34.6 Å². The molecule has 0 amide bonds. The zero-order valence-corrected chi connectivity index (χ0v) is 7.34. The van der Waals surface area contributed by atoms with E-state index in [1.807, 2.05) is 0 Å². The van der Waals surface area contributed by atoms with Crippen molar-refractivity contribution in [3.63, 3.8) is 0 Å². The Bertz CT molecular complexity index is 91.4. The van der Waals surface area contributed by atoms with Gasteiger partial charge in [-0.25, -0.2) is 0 Å². The lowest BCUT2D eigenvalue weighted by Crippen LogP contribution is -2.02. The first-order valence-corrected chi connectivity index (χ1v) is 3.84. The SMILES string of the molecule is CC(C)=PC(C)(C)C. The predicted molar refractivity (Wildman–Crippen MR) is 43.0 cm³/mol. The van der Waals surface area contributed by atoms with Crippen molar-refractivity contribution in [1.29, 1.82) is 0 Å². The summed E-state index contributed by atoms with van der Waals surface area (Å²) in [6.07, 6.45) is 0. The first-order chi connectivity index (χ1) is 3.42. The Kier molecular flexibility index (Phi) is 2.70. The minimum Gasteiger partial charge on any atom is -0.1000 e. The monoisotopic (exact) mass is 130 g/mol. The zero-order valence-electron chi connectivity index (χ0n) is 6.45. The fraction of sp³-hybridized carbons (Fsp3) is 0.857. The van der Waals surface area contributed by atoms with Crippen molar-refractivity contribution in [2.45, 2.75) is 39.8 Å². The molecule has 0 nitrogen and oxygen atoms in total. The van der Waals surface area contributed by atoms with E-state index < -0.39 is 0 Å². The minimum absolute atomic E-state index is 0.457. The molecule has 0 fully saturated rings. The summed E-state index contributed by atoms with van der Waals surface area (Å²) in [5.74, 6) is 0. The maximum absolute atomic E-state index is 2.25. The topological polar surface area (TPSA) is 0 Å². The van der Waals surface area contributed by atoms with E-state index in [1.54, 1.807) is 0 Å². The molecule has 0 heterocycles. The van der Waals surface area contributed by atoms with E-state index in [9.17, 15) is 0 Å². The van der Waals surface area contributed by atoms with Gasteiger partial charge in [0.1, 0.15) is 0 Å². The van der Waals surface area contributed by atoms with E-state index in [0.717, 1.165) is 0 Å². The van der Waals surface area contributed by atoms with Gasteiger partial charge in [0, 0.05) is 5.16 Å². The van der Waals surface area contributed by atoms with Crippen LogP contribution in [0, 0.1) is 0 Å². The van der Waals surface area contributed by atoms with Gasteiger partial charge in [-0.2, -0.15) is 0 Å². The van der Waals surface area contributed by atoms with Gasteiger partial charge in [0.25, 0.3) is 0 Å². The molecular weight excluding hydrogens is 115 g/mol. The molecule has 0 unspecified atom stereocenters. The second kappa shape index (κ2) is 2.64. The largest absolute Gasteiger partial charge is 0.1000 e. The molecule has 1 heteroatoms. The molecule has 0 N–H and O–H groups in total. The van der Waals surface area contributed by atoms with Gasteiger partial charge in [-0.15, -0.1) is 0 Å². The average molecular weight is 130 g/mol. The van der Waals surface area contributed by atoms with Crippen LogP contribution in [0.1, 0.15) is 34.6 Å². The third-order valence-corrected chi connectivity index (χ3v) is 1.68. The Labute approximate surface area is 54.1 Å². The Balaban J connectivity index is 3.89. The molecule has 0 saturated heterocycles. The van der Waals surface area contributed by atoms with Gasteiger partial charge in [-0.1, -0.05) is 34.3 Å².